The Morgan fingerprint density at radius 2 is 1.79 bits per heavy atom. The van der Waals surface area contributed by atoms with Gasteiger partial charge in [0.15, 0.2) is 0 Å². The van der Waals surface area contributed by atoms with Gasteiger partial charge in [-0.1, -0.05) is 37.3 Å². The number of fused-ring (bicyclic) bond motifs is 1. The van der Waals surface area contributed by atoms with Crippen LogP contribution in [0, 0.1) is 12.7 Å². The number of ether oxygens (including phenoxy) is 1. The average molecular weight is 513 g/mol. The highest BCUT2D eigenvalue weighted by Gasteiger charge is 2.47. The van der Waals surface area contributed by atoms with Crippen molar-refractivity contribution >= 4 is 28.4 Å². The van der Waals surface area contributed by atoms with Crippen molar-refractivity contribution in [1.82, 2.24) is 9.47 Å². The van der Waals surface area contributed by atoms with Gasteiger partial charge in [-0.25, -0.2) is 4.39 Å². The van der Waals surface area contributed by atoms with Crippen LogP contribution in [0.5, 0.6) is 5.75 Å². The average Bonchev–Trinajstić information content (AvgIpc) is 3.37. The van der Waals surface area contributed by atoms with Gasteiger partial charge in [0.1, 0.15) is 17.3 Å². The second kappa shape index (κ2) is 10.2. The third kappa shape index (κ3) is 4.45. The molecule has 1 amide bonds. The number of carbonyl (C=O) groups excluding carboxylic acids is 2. The van der Waals surface area contributed by atoms with Gasteiger partial charge in [-0.3, -0.25) is 9.59 Å². The molecule has 1 unspecified atom stereocenters. The van der Waals surface area contributed by atoms with Crippen LogP contribution in [0.25, 0.3) is 16.7 Å². The summed E-state index contributed by atoms with van der Waals surface area (Å²) in [6, 6.07) is 17.9. The van der Waals surface area contributed by atoms with E-state index >= 15 is 0 Å². The van der Waals surface area contributed by atoms with Crippen molar-refractivity contribution in [2.75, 3.05) is 6.61 Å². The Hall–Kier alpha value is -4.39. The fourth-order valence-electron chi connectivity index (χ4n) is 5.07. The first-order valence-electron chi connectivity index (χ1n) is 12.6. The van der Waals surface area contributed by atoms with Crippen LogP contribution in [0.2, 0.25) is 0 Å². The molecule has 0 radical (unpaired) electrons. The molecule has 2 heterocycles. The van der Waals surface area contributed by atoms with Gasteiger partial charge >= 0.3 is 0 Å². The lowest BCUT2D eigenvalue weighted by Crippen LogP contribution is -2.29. The van der Waals surface area contributed by atoms with Crippen LogP contribution in [-0.4, -0.2) is 32.9 Å². The molecule has 1 aromatic heterocycles. The number of hydrogen-bond acceptors (Lipinski definition) is 4. The Morgan fingerprint density at radius 1 is 1.05 bits per heavy atom. The van der Waals surface area contributed by atoms with Crippen LogP contribution in [0.4, 0.5) is 4.39 Å². The number of hydrogen-bond donors (Lipinski definition) is 1. The van der Waals surface area contributed by atoms with E-state index in [1.54, 1.807) is 30.3 Å². The second-order valence-corrected chi connectivity index (χ2v) is 9.59. The fourth-order valence-corrected chi connectivity index (χ4v) is 5.07. The predicted octanol–water partition coefficient (Wildman–Crippen LogP) is 6.04. The number of aryl methyl sites for hydroxylation is 2. The lowest BCUT2D eigenvalue weighted by molar-refractivity contribution is -0.140. The van der Waals surface area contributed by atoms with Crippen molar-refractivity contribution in [2.24, 2.45) is 7.05 Å². The van der Waals surface area contributed by atoms with E-state index in [-0.39, 0.29) is 23.7 Å². The van der Waals surface area contributed by atoms with Crippen molar-refractivity contribution < 1.29 is 23.8 Å². The summed E-state index contributed by atoms with van der Waals surface area (Å²) < 4.78 is 21.3. The van der Waals surface area contributed by atoms with E-state index in [4.69, 9.17) is 4.74 Å². The van der Waals surface area contributed by atoms with Gasteiger partial charge in [0.05, 0.1) is 18.2 Å². The van der Waals surface area contributed by atoms with E-state index in [2.05, 4.69) is 0 Å². The van der Waals surface area contributed by atoms with E-state index in [1.165, 1.54) is 17.0 Å². The number of aliphatic hydroxyl groups is 1. The van der Waals surface area contributed by atoms with Crippen LogP contribution >= 0.6 is 0 Å². The molecule has 1 atom stereocenters. The van der Waals surface area contributed by atoms with Crippen LogP contribution < -0.4 is 4.74 Å². The lowest BCUT2D eigenvalue weighted by atomic mass is 9.94. The SMILES string of the molecule is CCCOc1ccc(/C(O)=C2\C(=O)C(=O)N(Cc3ccc(F)cc3)C2c2cn(C)c3ccccc23)cc1C. The number of Topliss-reactive ketones (excluding diaryl/α,β-unsaturated/α-hetero) is 1. The minimum Gasteiger partial charge on any atom is -0.507 e. The Bertz CT molecular complexity index is 1570. The Labute approximate surface area is 220 Å². The molecule has 194 valence electrons. The third-order valence-corrected chi connectivity index (χ3v) is 6.94. The third-order valence-electron chi connectivity index (χ3n) is 6.94. The molecular weight excluding hydrogens is 483 g/mol. The first-order valence-corrected chi connectivity index (χ1v) is 12.6. The number of aliphatic hydroxyl groups excluding tert-OH is 1. The van der Waals surface area contributed by atoms with E-state index in [0.29, 0.717) is 23.5 Å². The summed E-state index contributed by atoms with van der Waals surface area (Å²) in [5.41, 5.74) is 3.59. The normalized spacial score (nSPS) is 16.9. The minimum atomic E-state index is -0.831. The molecule has 1 saturated heterocycles. The summed E-state index contributed by atoms with van der Waals surface area (Å²) >= 11 is 0. The largest absolute Gasteiger partial charge is 0.507 e. The number of carbonyl (C=O) groups is 2. The van der Waals surface area contributed by atoms with Crippen molar-refractivity contribution in [3.63, 3.8) is 0 Å². The predicted molar refractivity (Wildman–Crippen MR) is 144 cm³/mol. The Kier molecular flexibility index (Phi) is 6.76. The number of para-hydroxylation sites is 1. The number of halogens is 1. The van der Waals surface area contributed by atoms with Crippen LogP contribution in [0.3, 0.4) is 0 Å². The molecule has 6 nitrogen and oxygen atoms in total. The summed E-state index contributed by atoms with van der Waals surface area (Å²) in [4.78, 5) is 28.4. The Balaban J connectivity index is 1.67. The number of ketones is 1. The maximum absolute atomic E-state index is 13.6. The summed E-state index contributed by atoms with van der Waals surface area (Å²) in [7, 11) is 1.90. The van der Waals surface area contributed by atoms with Gasteiger partial charge < -0.3 is 19.3 Å². The maximum Gasteiger partial charge on any atom is 0.295 e. The molecule has 1 aliphatic rings. The Morgan fingerprint density at radius 3 is 2.50 bits per heavy atom. The minimum absolute atomic E-state index is 0.0232. The van der Waals surface area contributed by atoms with Gasteiger partial charge in [0, 0.05) is 41.8 Å². The quantitative estimate of drug-likeness (QED) is 0.186. The van der Waals surface area contributed by atoms with Crippen molar-refractivity contribution in [1.29, 1.82) is 0 Å². The van der Waals surface area contributed by atoms with Gasteiger partial charge in [0.25, 0.3) is 11.7 Å². The summed E-state index contributed by atoms with van der Waals surface area (Å²) in [5, 5.41) is 12.4. The van der Waals surface area contributed by atoms with Crippen molar-refractivity contribution in [2.45, 2.75) is 32.9 Å². The molecule has 1 aliphatic heterocycles. The highest BCUT2D eigenvalue weighted by Crippen LogP contribution is 2.43. The first kappa shape index (κ1) is 25.3. The number of rotatable bonds is 7. The van der Waals surface area contributed by atoms with Gasteiger partial charge in [-0.2, -0.15) is 0 Å². The zero-order valence-electron chi connectivity index (χ0n) is 21.6. The van der Waals surface area contributed by atoms with Gasteiger partial charge in [-0.15, -0.1) is 0 Å². The molecule has 5 rings (SSSR count). The molecule has 0 saturated carbocycles. The fraction of sp³-hybridized carbons (Fsp3) is 0.226. The smallest absolute Gasteiger partial charge is 0.295 e. The number of benzene rings is 3. The van der Waals surface area contributed by atoms with E-state index < -0.39 is 17.7 Å². The molecule has 3 aromatic carbocycles. The molecule has 1 N–H and O–H groups in total. The van der Waals surface area contributed by atoms with Crippen LogP contribution in [0.1, 0.15) is 41.6 Å². The second-order valence-electron chi connectivity index (χ2n) is 9.59. The zero-order valence-corrected chi connectivity index (χ0v) is 21.6. The highest BCUT2D eigenvalue weighted by molar-refractivity contribution is 6.46. The molecule has 7 heteroatoms. The summed E-state index contributed by atoms with van der Waals surface area (Å²) in [6.45, 7) is 4.55. The molecule has 4 aromatic rings. The topological polar surface area (TPSA) is 71.8 Å². The highest BCUT2D eigenvalue weighted by atomic mass is 19.1. The van der Waals surface area contributed by atoms with Crippen LogP contribution in [-0.2, 0) is 23.2 Å². The van der Waals surface area contributed by atoms with Gasteiger partial charge in [-0.05, 0) is 60.9 Å². The maximum atomic E-state index is 13.6. The number of nitrogens with zero attached hydrogens (tertiary/aromatic N) is 2. The first-order chi connectivity index (χ1) is 18.3. The molecular formula is C31H29FN2O4. The van der Waals surface area contributed by atoms with Crippen molar-refractivity contribution in [3.05, 3.63) is 107 Å². The van der Waals surface area contributed by atoms with E-state index in [0.717, 1.165) is 28.5 Å². The van der Waals surface area contributed by atoms with E-state index in [9.17, 15) is 19.1 Å². The van der Waals surface area contributed by atoms with Gasteiger partial charge in [0.2, 0.25) is 0 Å². The number of aromatic nitrogens is 1. The van der Waals surface area contributed by atoms with Crippen molar-refractivity contribution in [3.8, 4) is 5.75 Å². The standard InChI is InChI=1S/C31H29FN2O4/c1-4-15-38-26-14-11-21(16-19(26)2)29(35)27-28(24-18-33(3)25-8-6-5-7-23(24)25)34(31(37)30(27)36)17-20-9-12-22(32)13-10-20/h5-14,16,18,28,35H,4,15,17H2,1-3H3/b29-27+. The monoisotopic (exact) mass is 512 g/mol. The zero-order chi connectivity index (χ0) is 27.0. The lowest BCUT2D eigenvalue weighted by Gasteiger charge is -2.25. The number of amides is 1. The van der Waals surface area contributed by atoms with E-state index in [1.807, 2.05) is 55.9 Å². The molecule has 0 aliphatic carbocycles. The van der Waals surface area contributed by atoms with Crippen LogP contribution in [0.15, 0.2) is 78.5 Å². The molecule has 38 heavy (non-hydrogen) atoms. The molecule has 1 fully saturated rings. The summed E-state index contributed by atoms with van der Waals surface area (Å²) in [6.07, 6.45) is 2.75. The molecule has 0 spiro atoms. The summed E-state index contributed by atoms with van der Waals surface area (Å²) in [5.74, 6) is -1.40. The number of likely N-dealkylation sites (tertiary alicyclic amines) is 1. The molecule has 0 bridgehead atoms.